The molecule has 2 saturated heterocycles. The first kappa shape index (κ1) is 23.5. The molecule has 1 saturated carbocycles. The van der Waals surface area contributed by atoms with Crippen molar-refractivity contribution in [3.63, 3.8) is 0 Å². The Bertz CT molecular complexity index is 962. The summed E-state index contributed by atoms with van der Waals surface area (Å²) in [6.45, 7) is 1.81. The van der Waals surface area contributed by atoms with Gasteiger partial charge in [-0.25, -0.2) is 13.2 Å². The Morgan fingerprint density at radius 2 is 1.87 bits per heavy atom. The van der Waals surface area contributed by atoms with Crippen LogP contribution < -0.4 is 4.90 Å². The smallest absolute Gasteiger partial charge is 0.475 e. The second-order valence-corrected chi connectivity index (χ2v) is 10.3. The predicted molar refractivity (Wildman–Crippen MR) is 103 cm³/mol. The third-order valence-electron chi connectivity index (χ3n) is 5.78. The molecule has 1 unspecified atom stereocenters. The topological polar surface area (TPSA) is 116 Å². The van der Waals surface area contributed by atoms with E-state index in [1.165, 1.54) is 0 Å². The van der Waals surface area contributed by atoms with Crippen LogP contribution in [0.15, 0.2) is 12.4 Å². The summed E-state index contributed by atoms with van der Waals surface area (Å²) in [6, 6.07) is 0. The van der Waals surface area contributed by atoms with Gasteiger partial charge in [-0.3, -0.25) is 14.4 Å². The van der Waals surface area contributed by atoms with E-state index >= 15 is 0 Å². The highest BCUT2D eigenvalue weighted by Gasteiger charge is 2.52. The van der Waals surface area contributed by atoms with Gasteiger partial charge in [-0.15, -0.1) is 0 Å². The van der Waals surface area contributed by atoms with Gasteiger partial charge in [-0.2, -0.15) is 22.6 Å². The van der Waals surface area contributed by atoms with E-state index in [9.17, 15) is 26.4 Å². The fourth-order valence-corrected chi connectivity index (χ4v) is 5.72. The van der Waals surface area contributed by atoms with Gasteiger partial charge in [0, 0.05) is 32.9 Å². The summed E-state index contributed by atoms with van der Waals surface area (Å²) in [6.07, 6.45) is 0.735. The number of carbonyl (C=O) groups excluding carboxylic acids is 1. The summed E-state index contributed by atoms with van der Waals surface area (Å²) >= 11 is 0. The highest BCUT2D eigenvalue weighted by molar-refractivity contribution is 7.90. The van der Waals surface area contributed by atoms with E-state index in [1.54, 1.807) is 20.1 Å². The first-order valence-electron chi connectivity index (χ1n) is 9.56. The number of hydrogen-bond donors (Lipinski definition) is 1. The van der Waals surface area contributed by atoms with Crippen molar-refractivity contribution in [3.8, 4) is 0 Å². The Labute approximate surface area is 177 Å². The van der Waals surface area contributed by atoms with Crippen molar-refractivity contribution in [2.24, 2.45) is 7.05 Å². The van der Waals surface area contributed by atoms with Crippen molar-refractivity contribution < 1.29 is 36.3 Å². The van der Waals surface area contributed by atoms with Crippen LogP contribution in [0.4, 0.5) is 18.9 Å². The van der Waals surface area contributed by atoms with Crippen LogP contribution in [0.3, 0.4) is 0 Å². The average molecular weight is 467 g/mol. The number of carbonyl (C=O) groups is 2. The number of anilines is 1. The van der Waals surface area contributed by atoms with E-state index < -0.39 is 22.2 Å². The van der Waals surface area contributed by atoms with Crippen molar-refractivity contribution >= 4 is 27.6 Å². The molecule has 4 rings (SSSR count). The second-order valence-electron chi connectivity index (χ2n) is 8.06. The van der Waals surface area contributed by atoms with E-state index in [1.807, 2.05) is 25.2 Å². The molecule has 1 amide bonds. The number of likely N-dealkylation sites (N-methyl/N-ethyl adjacent to an activating group) is 1. The quantitative estimate of drug-likeness (QED) is 0.678. The lowest BCUT2D eigenvalue weighted by Crippen LogP contribution is -2.64. The van der Waals surface area contributed by atoms with Gasteiger partial charge >= 0.3 is 12.1 Å². The number of alkyl halides is 3. The number of amides is 1. The van der Waals surface area contributed by atoms with Crippen LogP contribution in [0, 0.1) is 0 Å². The zero-order valence-electron chi connectivity index (χ0n) is 17.0. The molecule has 2 aliphatic heterocycles. The number of nitrogens with zero attached hydrogens (tertiary/aromatic N) is 5. The molecule has 1 N–H and O–H groups in total. The van der Waals surface area contributed by atoms with Gasteiger partial charge in [0.2, 0.25) is 15.9 Å². The Hall–Kier alpha value is -2.19. The van der Waals surface area contributed by atoms with Crippen LogP contribution in [0.5, 0.6) is 0 Å². The summed E-state index contributed by atoms with van der Waals surface area (Å²) in [5.41, 5.74) is 0.463. The summed E-state index contributed by atoms with van der Waals surface area (Å²) in [4.78, 5) is 25.1. The number of sulfonamides is 1. The van der Waals surface area contributed by atoms with E-state index in [0.29, 0.717) is 26.2 Å². The van der Waals surface area contributed by atoms with Gasteiger partial charge in [-0.05, 0) is 26.3 Å². The summed E-state index contributed by atoms with van der Waals surface area (Å²) in [5, 5.41) is 11.1. The van der Waals surface area contributed by atoms with Crippen molar-refractivity contribution in [1.82, 2.24) is 19.0 Å². The Balaban J connectivity index is 0.000000339. The highest BCUT2D eigenvalue weighted by atomic mass is 32.2. The lowest BCUT2D eigenvalue weighted by molar-refractivity contribution is -0.192. The third kappa shape index (κ3) is 4.85. The van der Waals surface area contributed by atoms with Gasteiger partial charge in [-0.1, -0.05) is 0 Å². The fraction of sp³-hybridized carbons (Fsp3) is 0.706. The minimum atomic E-state index is -5.08. The van der Waals surface area contributed by atoms with Crippen LogP contribution in [0.25, 0.3) is 0 Å². The number of carboxylic acids is 1. The van der Waals surface area contributed by atoms with Gasteiger partial charge < -0.3 is 10.0 Å². The molecule has 10 nitrogen and oxygen atoms in total. The number of rotatable bonds is 3. The molecule has 0 bridgehead atoms. The van der Waals surface area contributed by atoms with Crippen LogP contribution in [-0.2, 0) is 26.7 Å². The number of halogens is 3. The minimum Gasteiger partial charge on any atom is -0.475 e. The third-order valence-corrected chi connectivity index (χ3v) is 8.13. The van der Waals surface area contributed by atoms with Crippen LogP contribution in [0.2, 0.25) is 0 Å². The monoisotopic (exact) mass is 467 g/mol. The van der Waals surface area contributed by atoms with Gasteiger partial charge in [0.25, 0.3) is 0 Å². The largest absolute Gasteiger partial charge is 0.490 e. The van der Waals surface area contributed by atoms with E-state index in [4.69, 9.17) is 9.90 Å². The van der Waals surface area contributed by atoms with Crippen molar-refractivity contribution in [1.29, 1.82) is 0 Å². The van der Waals surface area contributed by atoms with Crippen LogP contribution in [-0.4, -0.2) is 94.6 Å². The Morgan fingerprint density at radius 3 is 2.35 bits per heavy atom. The summed E-state index contributed by atoms with van der Waals surface area (Å²) < 4.78 is 60.2. The minimum absolute atomic E-state index is 0.0274. The SMILES string of the molecule is CN1CC(=O)N(c2cnn(C)c2)CC12CCN(S(=O)(=O)C1CC1)C2.O=C(O)C(F)(F)F. The van der Waals surface area contributed by atoms with Gasteiger partial charge in [0.05, 0.1) is 29.2 Å². The molecule has 1 aromatic heterocycles. The molecule has 174 valence electrons. The zero-order valence-corrected chi connectivity index (χ0v) is 17.9. The summed E-state index contributed by atoms with van der Waals surface area (Å²) in [5.74, 6) is -2.73. The molecule has 0 radical (unpaired) electrons. The maximum absolute atomic E-state index is 12.6. The molecule has 1 aromatic rings. The number of aliphatic carboxylic acids is 1. The average Bonchev–Trinajstić information content (AvgIpc) is 3.30. The molecule has 1 spiro atoms. The maximum atomic E-state index is 12.6. The molecule has 1 aliphatic carbocycles. The normalized spacial score (nSPS) is 25.6. The number of hydrogen-bond acceptors (Lipinski definition) is 6. The van der Waals surface area contributed by atoms with Gasteiger partial charge in [0.15, 0.2) is 0 Å². The number of aromatic nitrogens is 2. The molecule has 0 aromatic carbocycles. The number of aryl methyl sites for hydroxylation is 1. The van der Waals surface area contributed by atoms with Crippen LogP contribution in [0.1, 0.15) is 19.3 Å². The van der Waals surface area contributed by atoms with Crippen molar-refractivity contribution in [2.45, 2.75) is 36.2 Å². The maximum Gasteiger partial charge on any atom is 0.490 e. The molecule has 3 aliphatic rings. The molecule has 3 fully saturated rings. The predicted octanol–water partition coefficient (Wildman–Crippen LogP) is 0.269. The van der Waals surface area contributed by atoms with Crippen molar-refractivity contribution in [3.05, 3.63) is 12.4 Å². The molecular formula is C17H24F3N5O5S. The summed E-state index contributed by atoms with van der Waals surface area (Å²) in [7, 11) is 0.572. The number of carboxylic acid groups (broad SMARTS) is 1. The first-order valence-corrected chi connectivity index (χ1v) is 11.1. The molecule has 14 heteroatoms. The fourth-order valence-electron chi connectivity index (χ4n) is 3.80. The number of piperazine rings is 1. The van der Waals surface area contributed by atoms with E-state index in [2.05, 4.69) is 5.10 Å². The molecule has 3 heterocycles. The van der Waals surface area contributed by atoms with E-state index in [-0.39, 0.29) is 16.7 Å². The molecular weight excluding hydrogens is 443 g/mol. The lowest BCUT2D eigenvalue weighted by atomic mass is 9.93. The Kier molecular flexibility index (Phi) is 6.10. The van der Waals surface area contributed by atoms with E-state index in [0.717, 1.165) is 24.9 Å². The standard InChI is InChI=1S/C15H23N5O3S.C2HF3O2/c1-17-9-14(21)20(12-7-16-18(2)8-12)11-15(17)5-6-19(10-15)24(22,23)13-3-4-13;3-2(4,5)1(6)7/h7-8,13H,3-6,9-11H2,1-2H3;(H,6,7). The molecule has 31 heavy (non-hydrogen) atoms. The van der Waals surface area contributed by atoms with Gasteiger partial charge in [0.1, 0.15) is 0 Å². The highest BCUT2D eigenvalue weighted by Crippen LogP contribution is 2.38. The van der Waals surface area contributed by atoms with Crippen molar-refractivity contribution in [2.75, 3.05) is 38.1 Å². The Morgan fingerprint density at radius 1 is 1.26 bits per heavy atom. The second kappa shape index (κ2) is 8.06. The lowest BCUT2D eigenvalue weighted by Gasteiger charge is -2.46. The first-order chi connectivity index (χ1) is 14.3. The van der Waals surface area contributed by atoms with Crippen LogP contribution >= 0.6 is 0 Å². The zero-order chi connectivity index (χ0) is 23.2. The molecule has 1 atom stereocenters.